The van der Waals surface area contributed by atoms with Crippen LogP contribution in [0.25, 0.3) is 0 Å². The largest absolute Gasteiger partial charge is 0.312 e. The van der Waals surface area contributed by atoms with Gasteiger partial charge in [-0.1, -0.05) is 15.9 Å². The Morgan fingerprint density at radius 1 is 1.24 bits per heavy atom. The standard InChI is InChI=1S/C16H13BrN2O2/c1-10(20)19-7-4-12-8-14(17)13(9-15(12)19)16(21)11-2-5-18-6-3-11/h2-3,5-6,8-9H,4,7H2,1H3. The van der Waals surface area contributed by atoms with Crippen molar-refractivity contribution in [3.63, 3.8) is 0 Å². The number of nitrogens with zero attached hydrogens (tertiary/aromatic N) is 2. The predicted molar refractivity (Wildman–Crippen MR) is 83.5 cm³/mol. The Balaban J connectivity index is 2.07. The van der Waals surface area contributed by atoms with E-state index in [1.165, 1.54) is 0 Å². The van der Waals surface area contributed by atoms with Gasteiger partial charge in [0.15, 0.2) is 5.78 Å². The smallest absolute Gasteiger partial charge is 0.223 e. The lowest BCUT2D eigenvalue weighted by Gasteiger charge is -2.16. The highest BCUT2D eigenvalue weighted by Crippen LogP contribution is 2.34. The van der Waals surface area contributed by atoms with Crippen LogP contribution >= 0.6 is 15.9 Å². The summed E-state index contributed by atoms with van der Waals surface area (Å²) in [6.45, 7) is 2.21. The molecule has 0 radical (unpaired) electrons. The van der Waals surface area contributed by atoms with Crippen LogP contribution in [0.5, 0.6) is 0 Å². The maximum absolute atomic E-state index is 12.6. The lowest BCUT2D eigenvalue weighted by molar-refractivity contribution is -0.116. The molecule has 106 valence electrons. The number of halogens is 1. The number of amides is 1. The number of hydrogen-bond acceptors (Lipinski definition) is 3. The Hall–Kier alpha value is -2.01. The minimum Gasteiger partial charge on any atom is -0.312 e. The molecule has 1 aromatic heterocycles. The highest BCUT2D eigenvalue weighted by atomic mass is 79.9. The Morgan fingerprint density at radius 2 is 1.95 bits per heavy atom. The van der Waals surface area contributed by atoms with Crippen LogP contribution < -0.4 is 4.90 Å². The van der Waals surface area contributed by atoms with E-state index in [9.17, 15) is 9.59 Å². The molecule has 0 saturated heterocycles. The number of carbonyl (C=O) groups excluding carboxylic acids is 2. The van der Waals surface area contributed by atoms with E-state index in [1.807, 2.05) is 6.07 Å². The van der Waals surface area contributed by atoms with Crippen molar-refractivity contribution in [2.24, 2.45) is 0 Å². The molecule has 2 heterocycles. The van der Waals surface area contributed by atoms with Gasteiger partial charge in [0.25, 0.3) is 0 Å². The van der Waals surface area contributed by atoms with E-state index in [2.05, 4.69) is 20.9 Å². The second-order valence-corrected chi connectivity index (χ2v) is 5.80. The highest BCUT2D eigenvalue weighted by Gasteiger charge is 2.25. The van der Waals surface area contributed by atoms with Gasteiger partial charge in [-0.05, 0) is 36.2 Å². The molecule has 1 aliphatic rings. The van der Waals surface area contributed by atoms with Crippen LogP contribution in [0.1, 0.15) is 28.4 Å². The topological polar surface area (TPSA) is 50.3 Å². The van der Waals surface area contributed by atoms with Gasteiger partial charge < -0.3 is 4.90 Å². The number of carbonyl (C=O) groups is 2. The minimum atomic E-state index is -0.0810. The molecule has 0 unspecified atom stereocenters. The molecule has 1 aliphatic heterocycles. The summed E-state index contributed by atoms with van der Waals surface area (Å²) in [6.07, 6.45) is 4.00. The van der Waals surface area contributed by atoms with E-state index in [4.69, 9.17) is 0 Å². The number of ketones is 1. The van der Waals surface area contributed by atoms with Crippen LogP contribution in [0.4, 0.5) is 5.69 Å². The molecule has 4 nitrogen and oxygen atoms in total. The van der Waals surface area contributed by atoms with Crippen LogP contribution in [0, 0.1) is 0 Å². The molecule has 1 amide bonds. The summed E-state index contributed by atoms with van der Waals surface area (Å²) < 4.78 is 0.758. The zero-order chi connectivity index (χ0) is 15.0. The fraction of sp³-hybridized carbons (Fsp3) is 0.188. The van der Waals surface area contributed by atoms with Crippen LogP contribution in [0.15, 0.2) is 41.1 Å². The molecule has 3 rings (SSSR count). The summed E-state index contributed by atoms with van der Waals surface area (Å²) >= 11 is 3.46. The van der Waals surface area contributed by atoms with Crippen molar-refractivity contribution in [3.05, 3.63) is 57.8 Å². The van der Waals surface area contributed by atoms with Crippen molar-refractivity contribution in [1.29, 1.82) is 0 Å². The molecular formula is C16H13BrN2O2. The second kappa shape index (κ2) is 5.41. The van der Waals surface area contributed by atoms with E-state index < -0.39 is 0 Å². The van der Waals surface area contributed by atoms with Crippen LogP contribution in [-0.4, -0.2) is 23.2 Å². The summed E-state index contributed by atoms with van der Waals surface area (Å²) in [7, 11) is 0. The number of anilines is 1. The zero-order valence-electron chi connectivity index (χ0n) is 11.5. The lowest BCUT2D eigenvalue weighted by atomic mass is 10.0. The van der Waals surface area contributed by atoms with Gasteiger partial charge in [-0.3, -0.25) is 14.6 Å². The van der Waals surface area contributed by atoms with Gasteiger partial charge in [-0.15, -0.1) is 0 Å². The monoisotopic (exact) mass is 344 g/mol. The number of pyridine rings is 1. The molecular weight excluding hydrogens is 332 g/mol. The van der Waals surface area contributed by atoms with Crippen molar-refractivity contribution in [1.82, 2.24) is 4.98 Å². The van der Waals surface area contributed by atoms with Crippen molar-refractivity contribution < 1.29 is 9.59 Å². The molecule has 2 aromatic rings. The van der Waals surface area contributed by atoms with Crippen molar-refractivity contribution in [3.8, 4) is 0 Å². The third-order valence-electron chi connectivity index (χ3n) is 3.63. The second-order valence-electron chi connectivity index (χ2n) is 4.95. The van der Waals surface area contributed by atoms with Crippen LogP contribution in [0.3, 0.4) is 0 Å². The number of fused-ring (bicyclic) bond motifs is 1. The average Bonchev–Trinajstić information content (AvgIpc) is 2.89. The van der Waals surface area contributed by atoms with Gasteiger partial charge in [-0.2, -0.15) is 0 Å². The summed E-state index contributed by atoms with van der Waals surface area (Å²) in [6, 6.07) is 7.11. The molecule has 0 aliphatic carbocycles. The molecule has 0 saturated carbocycles. The Labute approximate surface area is 130 Å². The molecule has 0 bridgehead atoms. The molecule has 1 aromatic carbocycles. The van der Waals surface area contributed by atoms with Gasteiger partial charge >= 0.3 is 0 Å². The SMILES string of the molecule is CC(=O)N1CCc2cc(Br)c(C(=O)c3ccncc3)cc21. The van der Waals surface area contributed by atoms with E-state index in [0.717, 1.165) is 22.1 Å². The fourth-order valence-corrected chi connectivity index (χ4v) is 3.14. The summed E-state index contributed by atoms with van der Waals surface area (Å²) in [5.41, 5.74) is 3.07. The van der Waals surface area contributed by atoms with E-state index in [0.29, 0.717) is 17.7 Å². The maximum atomic E-state index is 12.6. The fourth-order valence-electron chi connectivity index (χ4n) is 2.57. The third kappa shape index (κ3) is 2.49. The Bertz CT molecular complexity index is 729. The Morgan fingerprint density at radius 3 is 2.62 bits per heavy atom. The van der Waals surface area contributed by atoms with Gasteiger partial charge in [-0.25, -0.2) is 0 Å². The van der Waals surface area contributed by atoms with Gasteiger partial charge in [0.05, 0.1) is 0 Å². The first-order valence-electron chi connectivity index (χ1n) is 6.63. The quantitative estimate of drug-likeness (QED) is 0.787. The van der Waals surface area contributed by atoms with Crippen molar-refractivity contribution >= 4 is 33.3 Å². The number of benzene rings is 1. The highest BCUT2D eigenvalue weighted by molar-refractivity contribution is 9.10. The number of hydrogen-bond donors (Lipinski definition) is 0. The number of aromatic nitrogens is 1. The average molecular weight is 345 g/mol. The zero-order valence-corrected chi connectivity index (χ0v) is 13.1. The molecule has 0 atom stereocenters. The first-order valence-corrected chi connectivity index (χ1v) is 7.42. The molecule has 0 N–H and O–H groups in total. The third-order valence-corrected chi connectivity index (χ3v) is 4.29. The summed E-state index contributed by atoms with van der Waals surface area (Å²) in [5, 5.41) is 0. The number of rotatable bonds is 2. The molecule has 5 heteroatoms. The Kier molecular flexibility index (Phi) is 3.59. The van der Waals surface area contributed by atoms with E-state index in [-0.39, 0.29) is 11.7 Å². The van der Waals surface area contributed by atoms with E-state index >= 15 is 0 Å². The molecule has 0 fully saturated rings. The first-order chi connectivity index (χ1) is 10.1. The molecule has 21 heavy (non-hydrogen) atoms. The maximum Gasteiger partial charge on any atom is 0.223 e. The van der Waals surface area contributed by atoms with Gasteiger partial charge in [0.2, 0.25) is 5.91 Å². The summed E-state index contributed by atoms with van der Waals surface area (Å²) in [5.74, 6) is -0.0825. The first kappa shape index (κ1) is 13.9. The van der Waals surface area contributed by atoms with Gasteiger partial charge in [0, 0.05) is 47.1 Å². The predicted octanol–water partition coefficient (Wildman–Crippen LogP) is 2.98. The lowest BCUT2D eigenvalue weighted by Crippen LogP contribution is -2.25. The van der Waals surface area contributed by atoms with E-state index in [1.54, 1.807) is 42.4 Å². The summed E-state index contributed by atoms with van der Waals surface area (Å²) in [4.78, 5) is 29.9. The normalized spacial score (nSPS) is 13.1. The molecule has 0 spiro atoms. The van der Waals surface area contributed by atoms with Crippen molar-refractivity contribution in [2.75, 3.05) is 11.4 Å². The van der Waals surface area contributed by atoms with Crippen LogP contribution in [-0.2, 0) is 11.2 Å². The van der Waals surface area contributed by atoms with Crippen LogP contribution in [0.2, 0.25) is 0 Å². The van der Waals surface area contributed by atoms with Gasteiger partial charge in [0.1, 0.15) is 0 Å². The van der Waals surface area contributed by atoms with Crippen molar-refractivity contribution in [2.45, 2.75) is 13.3 Å². The minimum absolute atomic E-state index is 0.00150.